The number of imide groups is 1. The Kier molecular flexibility index (Phi) is 4.17. The summed E-state index contributed by atoms with van der Waals surface area (Å²) in [6.07, 6.45) is 0. The summed E-state index contributed by atoms with van der Waals surface area (Å²) in [6.45, 7) is 0. The summed E-state index contributed by atoms with van der Waals surface area (Å²) in [5.74, 6) is -1.29. The van der Waals surface area contributed by atoms with Gasteiger partial charge in [-0.3, -0.25) is 19.7 Å². The Hall–Kier alpha value is -2.57. The minimum absolute atomic E-state index is 0.149. The van der Waals surface area contributed by atoms with E-state index in [4.69, 9.17) is 27.9 Å². The van der Waals surface area contributed by atoms with Crippen LogP contribution in [0.1, 0.15) is 31.1 Å². The van der Waals surface area contributed by atoms with Gasteiger partial charge in [-0.05, 0) is 30.3 Å². The quantitative estimate of drug-likeness (QED) is 0.819. The molecular weight excluding hydrogens is 355 g/mol. The number of amides is 3. The van der Waals surface area contributed by atoms with Gasteiger partial charge in [0.15, 0.2) is 0 Å². The lowest BCUT2D eigenvalue weighted by molar-refractivity contribution is 0.0878. The largest absolute Gasteiger partial charge is 0.494 e. The Balaban J connectivity index is 1.93. The monoisotopic (exact) mass is 364 g/mol. The summed E-state index contributed by atoms with van der Waals surface area (Å²) >= 11 is 11.9. The molecule has 0 fully saturated rings. The molecule has 1 aliphatic heterocycles. The number of halogens is 2. The third-order valence-electron chi connectivity index (χ3n) is 3.45. The molecule has 122 valence electrons. The van der Waals surface area contributed by atoms with Gasteiger partial charge in [0.2, 0.25) is 0 Å². The lowest BCUT2D eigenvalue weighted by Gasteiger charge is -2.12. The lowest BCUT2D eigenvalue weighted by Crippen LogP contribution is -2.19. The minimum Gasteiger partial charge on any atom is -0.494 e. The van der Waals surface area contributed by atoms with Gasteiger partial charge in [0, 0.05) is 10.7 Å². The van der Waals surface area contributed by atoms with Crippen molar-refractivity contribution in [2.75, 3.05) is 12.4 Å². The fourth-order valence-electron chi connectivity index (χ4n) is 2.38. The average Bonchev–Trinajstić information content (AvgIpc) is 2.81. The van der Waals surface area contributed by atoms with Crippen molar-refractivity contribution in [2.45, 2.75) is 0 Å². The molecule has 0 aliphatic carbocycles. The zero-order chi connectivity index (χ0) is 17.4. The molecule has 0 atom stereocenters. The second-order valence-electron chi connectivity index (χ2n) is 4.97. The van der Waals surface area contributed by atoms with Crippen LogP contribution in [0, 0.1) is 0 Å². The average molecular weight is 365 g/mol. The molecule has 3 rings (SSSR count). The predicted molar refractivity (Wildman–Crippen MR) is 89.2 cm³/mol. The molecule has 0 unspecified atom stereocenters. The number of ether oxygens (including phenoxy) is 1. The molecule has 0 aromatic heterocycles. The van der Waals surface area contributed by atoms with Crippen molar-refractivity contribution in [2.24, 2.45) is 0 Å². The third-order valence-corrected chi connectivity index (χ3v) is 3.95. The zero-order valence-electron chi connectivity index (χ0n) is 12.3. The van der Waals surface area contributed by atoms with Gasteiger partial charge in [0.25, 0.3) is 17.7 Å². The summed E-state index contributed by atoms with van der Waals surface area (Å²) in [4.78, 5) is 35.7. The second-order valence-corrected chi connectivity index (χ2v) is 5.81. The maximum atomic E-state index is 12.5. The molecular formula is C16H10Cl2N2O4. The van der Waals surface area contributed by atoms with Crippen LogP contribution in [0.25, 0.3) is 0 Å². The van der Waals surface area contributed by atoms with Gasteiger partial charge in [0.05, 0.1) is 28.8 Å². The fraction of sp³-hybridized carbons (Fsp3) is 0.0625. The van der Waals surface area contributed by atoms with E-state index in [2.05, 4.69) is 10.6 Å². The van der Waals surface area contributed by atoms with Crippen LogP contribution in [0.15, 0.2) is 30.3 Å². The molecule has 24 heavy (non-hydrogen) atoms. The Morgan fingerprint density at radius 3 is 2.50 bits per heavy atom. The van der Waals surface area contributed by atoms with Gasteiger partial charge in [-0.1, -0.05) is 23.2 Å². The number of hydrogen-bond acceptors (Lipinski definition) is 4. The Morgan fingerprint density at radius 1 is 1.08 bits per heavy atom. The highest BCUT2D eigenvalue weighted by Crippen LogP contribution is 2.32. The molecule has 0 radical (unpaired) electrons. The first-order valence-electron chi connectivity index (χ1n) is 6.75. The van der Waals surface area contributed by atoms with Crippen molar-refractivity contribution in [3.63, 3.8) is 0 Å². The van der Waals surface area contributed by atoms with E-state index >= 15 is 0 Å². The standard InChI is InChI=1S/C16H10Cl2N2O4/c1-24-13-11(4-7(17)5-12(13)18)16(23)19-8-2-3-9-10(6-8)15(22)20-14(9)21/h2-6H,1H3,(H,19,23)(H,20,21,22). The van der Waals surface area contributed by atoms with Crippen LogP contribution in [0.2, 0.25) is 10.0 Å². The number of methoxy groups -OCH3 is 1. The Bertz CT molecular complexity index is 896. The number of anilines is 1. The van der Waals surface area contributed by atoms with E-state index in [1.165, 1.54) is 37.4 Å². The van der Waals surface area contributed by atoms with Gasteiger partial charge < -0.3 is 10.1 Å². The van der Waals surface area contributed by atoms with E-state index in [9.17, 15) is 14.4 Å². The van der Waals surface area contributed by atoms with E-state index < -0.39 is 17.7 Å². The van der Waals surface area contributed by atoms with E-state index in [1.807, 2.05) is 0 Å². The minimum atomic E-state index is -0.513. The number of hydrogen-bond donors (Lipinski definition) is 2. The molecule has 2 aromatic rings. The van der Waals surface area contributed by atoms with Crippen molar-refractivity contribution >= 4 is 46.6 Å². The van der Waals surface area contributed by atoms with Crippen LogP contribution in [0.4, 0.5) is 5.69 Å². The van der Waals surface area contributed by atoms with E-state index in [-0.39, 0.29) is 32.5 Å². The molecule has 0 spiro atoms. The van der Waals surface area contributed by atoms with Crippen molar-refractivity contribution in [3.8, 4) is 5.75 Å². The van der Waals surface area contributed by atoms with Crippen molar-refractivity contribution in [3.05, 3.63) is 57.1 Å². The number of benzene rings is 2. The topological polar surface area (TPSA) is 84.5 Å². The number of carbonyl (C=O) groups is 3. The maximum Gasteiger partial charge on any atom is 0.259 e. The van der Waals surface area contributed by atoms with Crippen molar-refractivity contribution in [1.29, 1.82) is 0 Å². The lowest BCUT2D eigenvalue weighted by atomic mass is 10.1. The SMILES string of the molecule is COc1c(Cl)cc(Cl)cc1C(=O)Nc1ccc2c(c1)C(=O)NC2=O. The molecule has 1 aliphatic rings. The highest BCUT2D eigenvalue weighted by molar-refractivity contribution is 6.36. The van der Waals surface area contributed by atoms with Gasteiger partial charge in [-0.2, -0.15) is 0 Å². The van der Waals surface area contributed by atoms with Gasteiger partial charge in [-0.15, -0.1) is 0 Å². The van der Waals surface area contributed by atoms with Gasteiger partial charge in [-0.25, -0.2) is 0 Å². The van der Waals surface area contributed by atoms with Crippen LogP contribution in [-0.4, -0.2) is 24.8 Å². The first kappa shape index (κ1) is 16.3. The fourth-order valence-corrected chi connectivity index (χ4v) is 2.95. The first-order valence-corrected chi connectivity index (χ1v) is 7.50. The summed E-state index contributed by atoms with van der Waals surface area (Å²) in [6, 6.07) is 7.29. The van der Waals surface area contributed by atoms with Crippen LogP contribution in [-0.2, 0) is 0 Å². The highest BCUT2D eigenvalue weighted by Gasteiger charge is 2.27. The normalized spacial score (nSPS) is 12.6. The van der Waals surface area contributed by atoms with Crippen LogP contribution < -0.4 is 15.4 Å². The van der Waals surface area contributed by atoms with Crippen LogP contribution >= 0.6 is 23.2 Å². The van der Waals surface area contributed by atoms with E-state index in [0.29, 0.717) is 5.69 Å². The predicted octanol–water partition coefficient (Wildman–Crippen LogP) is 3.14. The summed E-state index contributed by atoms with van der Waals surface area (Å²) < 4.78 is 5.13. The first-order chi connectivity index (χ1) is 11.4. The highest BCUT2D eigenvalue weighted by atomic mass is 35.5. The number of rotatable bonds is 3. The van der Waals surface area contributed by atoms with Crippen LogP contribution in [0.3, 0.4) is 0 Å². The molecule has 8 heteroatoms. The third kappa shape index (κ3) is 2.81. The molecule has 1 heterocycles. The molecule has 2 aromatic carbocycles. The molecule has 3 amide bonds. The van der Waals surface area contributed by atoms with E-state index in [0.717, 1.165) is 0 Å². The molecule has 0 saturated heterocycles. The Morgan fingerprint density at radius 2 is 1.79 bits per heavy atom. The summed E-state index contributed by atoms with van der Waals surface area (Å²) in [7, 11) is 1.39. The molecule has 2 N–H and O–H groups in total. The molecule has 0 bridgehead atoms. The van der Waals surface area contributed by atoms with Crippen molar-refractivity contribution in [1.82, 2.24) is 5.32 Å². The summed E-state index contributed by atoms with van der Waals surface area (Å²) in [5, 5.41) is 5.29. The van der Waals surface area contributed by atoms with Crippen molar-refractivity contribution < 1.29 is 19.1 Å². The smallest absolute Gasteiger partial charge is 0.259 e. The van der Waals surface area contributed by atoms with Gasteiger partial charge in [0.1, 0.15) is 5.75 Å². The Labute approximate surface area is 146 Å². The second kappa shape index (κ2) is 6.14. The number of fused-ring (bicyclic) bond motifs is 1. The van der Waals surface area contributed by atoms with E-state index in [1.54, 1.807) is 0 Å². The number of carbonyl (C=O) groups excluding carboxylic acids is 3. The molecule has 6 nitrogen and oxygen atoms in total. The van der Waals surface area contributed by atoms with Crippen LogP contribution in [0.5, 0.6) is 5.75 Å². The summed E-state index contributed by atoms with van der Waals surface area (Å²) in [5.41, 5.74) is 0.966. The number of nitrogens with one attached hydrogen (secondary N) is 2. The molecule has 0 saturated carbocycles. The zero-order valence-corrected chi connectivity index (χ0v) is 13.8. The maximum absolute atomic E-state index is 12.5. The van der Waals surface area contributed by atoms with Gasteiger partial charge >= 0.3 is 0 Å².